The number of hydrogen-bond acceptors (Lipinski definition) is 2. The predicted octanol–water partition coefficient (Wildman–Crippen LogP) is 4.30. The van der Waals surface area contributed by atoms with Crippen LogP contribution >= 0.6 is 0 Å². The molecule has 3 atom stereocenters. The van der Waals surface area contributed by atoms with E-state index in [4.69, 9.17) is 0 Å². The standard InChI is InChI=1S/C19H38N2/c1-5-11-20-19-9-6-16(4)13-17(19)14-21(18-7-8-18)12-10-15(2)3/h15-20H,5-14H2,1-4H3. The molecule has 0 heterocycles. The molecular weight excluding hydrogens is 256 g/mol. The maximum absolute atomic E-state index is 3.84. The largest absolute Gasteiger partial charge is 0.314 e. The van der Waals surface area contributed by atoms with Crippen molar-refractivity contribution >= 4 is 0 Å². The highest BCUT2D eigenvalue weighted by molar-refractivity contribution is 4.90. The van der Waals surface area contributed by atoms with E-state index >= 15 is 0 Å². The second-order valence-electron chi connectivity index (χ2n) is 8.15. The summed E-state index contributed by atoms with van der Waals surface area (Å²) in [5, 5.41) is 3.84. The van der Waals surface area contributed by atoms with Crippen LogP contribution in [0.1, 0.15) is 72.6 Å². The third-order valence-electron chi connectivity index (χ3n) is 5.43. The van der Waals surface area contributed by atoms with Crippen LogP contribution < -0.4 is 5.32 Å². The molecule has 2 aliphatic carbocycles. The fourth-order valence-electron chi connectivity index (χ4n) is 3.89. The quantitative estimate of drug-likeness (QED) is 0.682. The van der Waals surface area contributed by atoms with Gasteiger partial charge in [-0.3, -0.25) is 0 Å². The van der Waals surface area contributed by atoms with Crippen molar-refractivity contribution in [3.8, 4) is 0 Å². The lowest BCUT2D eigenvalue weighted by atomic mass is 9.78. The highest BCUT2D eigenvalue weighted by Crippen LogP contribution is 2.34. The fourth-order valence-corrected chi connectivity index (χ4v) is 3.89. The molecule has 1 N–H and O–H groups in total. The molecule has 0 aliphatic heterocycles. The summed E-state index contributed by atoms with van der Waals surface area (Å²) in [5.41, 5.74) is 0. The van der Waals surface area contributed by atoms with Gasteiger partial charge in [-0.25, -0.2) is 0 Å². The van der Waals surface area contributed by atoms with Gasteiger partial charge in [0, 0.05) is 18.6 Å². The first-order valence-electron chi connectivity index (χ1n) is 9.57. The van der Waals surface area contributed by atoms with E-state index in [1.165, 1.54) is 64.6 Å². The molecule has 0 amide bonds. The van der Waals surface area contributed by atoms with E-state index in [-0.39, 0.29) is 0 Å². The van der Waals surface area contributed by atoms with Crippen molar-refractivity contribution in [2.75, 3.05) is 19.6 Å². The van der Waals surface area contributed by atoms with Crippen molar-refractivity contribution in [1.29, 1.82) is 0 Å². The van der Waals surface area contributed by atoms with Crippen LogP contribution in [0.15, 0.2) is 0 Å². The summed E-state index contributed by atoms with van der Waals surface area (Å²) >= 11 is 0. The lowest BCUT2D eigenvalue weighted by Gasteiger charge is -2.39. The summed E-state index contributed by atoms with van der Waals surface area (Å²) in [6, 6.07) is 1.70. The highest BCUT2D eigenvalue weighted by atomic mass is 15.2. The van der Waals surface area contributed by atoms with Gasteiger partial charge in [-0.05, 0) is 75.8 Å². The SMILES string of the molecule is CCCNC1CCC(C)CC1CN(CCC(C)C)C1CC1. The molecule has 3 unspecified atom stereocenters. The van der Waals surface area contributed by atoms with E-state index < -0.39 is 0 Å². The first-order valence-corrected chi connectivity index (χ1v) is 9.57. The Morgan fingerprint density at radius 1 is 1.14 bits per heavy atom. The molecule has 21 heavy (non-hydrogen) atoms. The monoisotopic (exact) mass is 294 g/mol. The summed E-state index contributed by atoms with van der Waals surface area (Å²) in [5.74, 6) is 2.65. The van der Waals surface area contributed by atoms with E-state index in [2.05, 4.69) is 37.9 Å². The third kappa shape index (κ3) is 5.90. The molecular formula is C19H38N2. The first kappa shape index (κ1) is 17.3. The minimum atomic E-state index is 0.779. The molecule has 0 saturated heterocycles. The second kappa shape index (κ2) is 8.53. The molecule has 2 fully saturated rings. The Morgan fingerprint density at radius 2 is 1.90 bits per heavy atom. The smallest absolute Gasteiger partial charge is 0.0108 e. The zero-order valence-corrected chi connectivity index (χ0v) is 14.9. The Hall–Kier alpha value is -0.0800. The van der Waals surface area contributed by atoms with Crippen LogP contribution in [0.5, 0.6) is 0 Å². The van der Waals surface area contributed by atoms with Gasteiger partial charge in [0.1, 0.15) is 0 Å². The van der Waals surface area contributed by atoms with E-state index in [1.807, 2.05) is 0 Å². The van der Waals surface area contributed by atoms with Gasteiger partial charge in [0.2, 0.25) is 0 Å². The Bertz CT molecular complexity index is 283. The minimum absolute atomic E-state index is 0.779. The molecule has 0 aromatic carbocycles. The number of nitrogens with one attached hydrogen (secondary N) is 1. The van der Waals surface area contributed by atoms with Crippen LogP contribution in [0, 0.1) is 17.8 Å². The molecule has 0 bridgehead atoms. The topological polar surface area (TPSA) is 15.3 Å². The lowest BCUT2D eigenvalue weighted by molar-refractivity contribution is 0.135. The molecule has 2 rings (SSSR count). The van der Waals surface area contributed by atoms with Crippen molar-refractivity contribution in [2.24, 2.45) is 17.8 Å². The fraction of sp³-hybridized carbons (Fsp3) is 1.00. The number of rotatable bonds is 9. The summed E-state index contributed by atoms with van der Waals surface area (Å²) in [7, 11) is 0. The molecule has 0 spiro atoms. The van der Waals surface area contributed by atoms with Gasteiger partial charge in [0.25, 0.3) is 0 Å². The van der Waals surface area contributed by atoms with Gasteiger partial charge in [0.15, 0.2) is 0 Å². The van der Waals surface area contributed by atoms with Crippen LogP contribution in [0.4, 0.5) is 0 Å². The summed E-state index contributed by atoms with van der Waals surface area (Å²) in [6.07, 6.45) is 9.79. The van der Waals surface area contributed by atoms with Crippen molar-refractivity contribution in [3.63, 3.8) is 0 Å². The Morgan fingerprint density at radius 3 is 2.52 bits per heavy atom. The molecule has 2 aliphatic rings. The van der Waals surface area contributed by atoms with Gasteiger partial charge in [-0.2, -0.15) is 0 Å². The molecule has 124 valence electrons. The first-order chi connectivity index (χ1) is 10.1. The molecule has 0 radical (unpaired) electrons. The van der Waals surface area contributed by atoms with Crippen LogP contribution in [-0.4, -0.2) is 36.6 Å². The number of nitrogens with zero attached hydrogens (tertiary/aromatic N) is 1. The van der Waals surface area contributed by atoms with E-state index in [0.717, 1.165) is 29.8 Å². The van der Waals surface area contributed by atoms with E-state index in [0.29, 0.717) is 0 Å². The van der Waals surface area contributed by atoms with Gasteiger partial charge >= 0.3 is 0 Å². The summed E-state index contributed by atoms with van der Waals surface area (Å²) in [4.78, 5) is 2.84. The predicted molar refractivity (Wildman–Crippen MR) is 92.6 cm³/mol. The molecule has 2 saturated carbocycles. The van der Waals surface area contributed by atoms with Crippen LogP contribution in [0.3, 0.4) is 0 Å². The van der Waals surface area contributed by atoms with Crippen LogP contribution in [0.2, 0.25) is 0 Å². The minimum Gasteiger partial charge on any atom is -0.314 e. The lowest BCUT2D eigenvalue weighted by Crippen LogP contribution is -2.46. The second-order valence-corrected chi connectivity index (χ2v) is 8.15. The molecule has 0 aromatic rings. The maximum Gasteiger partial charge on any atom is 0.0108 e. The van der Waals surface area contributed by atoms with E-state index in [1.54, 1.807) is 0 Å². The third-order valence-corrected chi connectivity index (χ3v) is 5.43. The van der Waals surface area contributed by atoms with Crippen molar-refractivity contribution < 1.29 is 0 Å². The van der Waals surface area contributed by atoms with Crippen molar-refractivity contribution in [1.82, 2.24) is 10.2 Å². The molecule has 2 nitrogen and oxygen atoms in total. The van der Waals surface area contributed by atoms with Crippen molar-refractivity contribution in [2.45, 2.75) is 84.7 Å². The van der Waals surface area contributed by atoms with Crippen LogP contribution in [-0.2, 0) is 0 Å². The van der Waals surface area contributed by atoms with Gasteiger partial charge in [-0.1, -0.05) is 27.7 Å². The maximum atomic E-state index is 3.84. The van der Waals surface area contributed by atoms with Crippen LogP contribution in [0.25, 0.3) is 0 Å². The zero-order valence-electron chi connectivity index (χ0n) is 14.9. The highest BCUT2D eigenvalue weighted by Gasteiger charge is 2.34. The van der Waals surface area contributed by atoms with Gasteiger partial charge < -0.3 is 10.2 Å². The average Bonchev–Trinajstić information content (AvgIpc) is 3.26. The van der Waals surface area contributed by atoms with Crippen molar-refractivity contribution in [3.05, 3.63) is 0 Å². The average molecular weight is 295 g/mol. The van der Waals surface area contributed by atoms with E-state index in [9.17, 15) is 0 Å². The summed E-state index contributed by atoms with van der Waals surface area (Å²) in [6.45, 7) is 13.3. The zero-order chi connectivity index (χ0) is 15.2. The van der Waals surface area contributed by atoms with Gasteiger partial charge in [-0.15, -0.1) is 0 Å². The van der Waals surface area contributed by atoms with Gasteiger partial charge in [0.05, 0.1) is 0 Å². The Labute approximate surface area is 133 Å². The normalized spacial score (nSPS) is 30.3. The molecule has 0 aromatic heterocycles. The Kier molecular flexibility index (Phi) is 7.01. The summed E-state index contributed by atoms with van der Waals surface area (Å²) < 4.78 is 0. The Balaban J connectivity index is 1.87. The number of hydrogen-bond donors (Lipinski definition) is 1. The molecule has 2 heteroatoms.